The molecule has 0 aliphatic carbocycles. The third-order valence-electron chi connectivity index (χ3n) is 3.87. The van der Waals surface area contributed by atoms with E-state index in [-0.39, 0.29) is 24.0 Å². The lowest BCUT2D eigenvalue weighted by Gasteiger charge is -2.21. The van der Waals surface area contributed by atoms with Gasteiger partial charge in [0.2, 0.25) is 5.91 Å². The van der Waals surface area contributed by atoms with Crippen LogP contribution in [-0.2, 0) is 4.79 Å². The molecule has 0 aliphatic heterocycles. The molecule has 128 valence electrons. The molecule has 24 heavy (non-hydrogen) atoms. The van der Waals surface area contributed by atoms with Crippen molar-refractivity contribution in [2.45, 2.75) is 26.0 Å². The highest BCUT2D eigenvalue weighted by atomic mass is 79.9. The standard InChI is InChI=1S/C19H23BrN2O2/c1-13(24-17-11-7-6-10-16(17)20)12-22-19(23)14(2)18(21)15-8-4-3-5-9-15/h3-11,13-14,18H,12,21H2,1-2H3,(H,22,23). The van der Waals surface area contributed by atoms with Gasteiger partial charge >= 0.3 is 0 Å². The number of amides is 1. The number of ether oxygens (including phenoxy) is 1. The maximum atomic E-state index is 12.3. The van der Waals surface area contributed by atoms with Gasteiger partial charge < -0.3 is 15.8 Å². The average molecular weight is 391 g/mol. The van der Waals surface area contributed by atoms with E-state index in [1.165, 1.54) is 0 Å². The van der Waals surface area contributed by atoms with E-state index < -0.39 is 0 Å². The van der Waals surface area contributed by atoms with Crippen LogP contribution in [-0.4, -0.2) is 18.6 Å². The molecule has 0 radical (unpaired) electrons. The van der Waals surface area contributed by atoms with Crippen LogP contribution in [0.1, 0.15) is 25.5 Å². The number of carbonyl (C=O) groups is 1. The molecule has 0 aromatic heterocycles. The van der Waals surface area contributed by atoms with Crippen LogP contribution in [0.15, 0.2) is 59.1 Å². The fourth-order valence-corrected chi connectivity index (χ4v) is 2.71. The van der Waals surface area contributed by atoms with Crippen LogP contribution in [0.2, 0.25) is 0 Å². The van der Waals surface area contributed by atoms with Crippen molar-refractivity contribution in [3.05, 3.63) is 64.6 Å². The second-order valence-electron chi connectivity index (χ2n) is 5.83. The summed E-state index contributed by atoms with van der Waals surface area (Å²) in [5.41, 5.74) is 7.15. The molecule has 3 atom stereocenters. The maximum Gasteiger partial charge on any atom is 0.224 e. The van der Waals surface area contributed by atoms with Crippen LogP contribution in [0, 0.1) is 5.92 Å². The number of nitrogens with one attached hydrogen (secondary N) is 1. The van der Waals surface area contributed by atoms with Gasteiger partial charge in [0.05, 0.1) is 16.9 Å². The van der Waals surface area contributed by atoms with Crippen LogP contribution in [0.4, 0.5) is 0 Å². The first-order chi connectivity index (χ1) is 11.5. The smallest absolute Gasteiger partial charge is 0.224 e. The predicted molar refractivity (Wildman–Crippen MR) is 99.8 cm³/mol. The zero-order valence-corrected chi connectivity index (χ0v) is 15.5. The van der Waals surface area contributed by atoms with Crippen molar-refractivity contribution in [2.24, 2.45) is 11.7 Å². The van der Waals surface area contributed by atoms with Crippen molar-refractivity contribution < 1.29 is 9.53 Å². The monoisotopic (exact) mass is 390 g/mol. The topological polar surface area (TPSA) is 64.4 Å². The van der Waals surface area contributed by atoms with Crippen molar-refractivity contribution >= 4 is 21.8 Å². The Morgan fingerprint density at radius 3 is 2.42 bits per heavy atom. The number of nitrogens with two attached hydrogens (primary N) is 1. The predicted octanol–water partition coefficient (Wildman–Crippen LogP) is 3.67. The van der Waals surface area contributed by atoms with Crippen molar-refractivity contribution in [1.82, 2.24) is 5.32 Å². The Balaban J connectivity index is 1.85. The van der Waals surface area contributed by atoms with Gasteiger partial charge in [-0.1, -0.05) is 49.4 Å². The van der Waals surface area contributed by atoms with Gasteiger partial charge in [0.25, 0.3) is 0 Å². The van der Waals surface area contributed by atoms with E-state index in [9.17, 15) is 4.79 Å². The number of carbonyl (C=O) groups excluding carboxylic acids is 1. The molecule has 0 saturated heterocycles. The molecule has 2 aromatic rings. The SMILES string of the molecule is CC(CNC(=O)C(C)C(N)c1ccccc1)Oc1ccccc1Br. The molecule has 4 nitrogen and oxygen atoms in total. The lowest BCUT2D eigenvalue weighted by atomic mass is 9.94. The van der Waals surface area contributed by atoms with Crippen LogP contribution >= 0.6 is 15.9 Å². The van der Waals surface area contributed by atoms with Crippen molar-refractivity contribution in [1.29, 1.82) is 0 Å². The van der Waals surface area contributed by atoms with Gasteiger partial charge in [0, 0.05) is 6.04 Å². The summed E-state index contributed by atoms with van der Waals surface area (Å²) < 4.78 is 6.72. The first-order valence-corrected chi connectivity index (χ1v) is 8.77. The fourth-order valence-electron chi connectivity index (χ4n) is 2.33. The Kier molecular flexibility index (Phi) is 6.82. The zero-order valence-electron chi connectivity index (χ0n) is 13.9. The molecule has 0 aliphatic rings. The number of halogens is 1. The molecule has 0 bridgehead atoms. The van der Waals surface area contributed by atoms with E-state index in [0.717, 1.165) is 15.8 Å². The highest BCUT2D eigenvalue weighted by molar-refractivity contribution is 9.10. The Labute approximate surface area is 151 Å². The summed E-state index contributed by atoms with van der Waals surface area (Å²) in [6.07, 6.45) is -0.146. The van der Waals surface area contributed by atoms with Crippen LogP contribution in [0.25, 0.3) is 0 Å². The summed E-state index contributed by atoms with van der Waals surface area (Å²) in [5.74, 6) is 0.366. The number of hydrogen-bond donors (Lipinski definition) is 2. The highest BCUT2D eigenvalue weighted by Crippen LogP contribution is 2.24. The molecular formula is C19H23BrN2O2. The van der Waals surface area contributed by atoms with Gasteiger partial charge in [-0.15, -0.1) is 0 Å². The third-order valence-corrected chi connectivity index (χ3v) is 4.52. The second-order valence-corrected chi connectivity index (χ2v) is 6.68. The molecule has 3 N–H and O–H groups in total. The van der Waals surface area contributed by atoms with Crippen LogP contribution < -0.4 is 15.8 Å². The first kappa shape index (κ1) is 18.5. The summed E-state index contributed by atoms with van der Waals surface area (Å²) in [6.45, 7) is 4.18. The van der Waals surface area contributed by atoms with Crippen molar-refractivity contribution in [2.75, 3.05) is 6.54 Å². The van der Waals surface area contributed by atoms with E-state index in [1.807, 2.05) is 68.4 Å². The van der Waals surface area contributed by atoms with E-state index >= 15 is 0 Å². The van der Waals surface area contributed by atoms with Crippen molar-refractivity contribution in [3.63, 3.8) is 0 Å². The molecule has 0 spiro atoms. The molecule has 0 fully saturated rings. The second kappa shape index (κ2) is 8.85. The number of para-hydroxylation sites is 1. The van der Waals surface area contributed by atoms with Gasteiger partial charge in [-0.05, 0) is 40.5 Å². The Morgan fingerprint density at radius 2 is 1.75 bits per heavy atom. The summed E-state index contributed by atoms with van der Waals surface area (Å²) in [5, 5.41) is 2.91. The fraction of sp³-hybridized carbons (Fsp3) is 0.316. The highest BCUT2D eigenvalue weighted by Gasteiger charge is 2.22. The normalized spacial score (nSPS) is 14.5. The summed E-state index contributed by atoms with van der Waals surface area (Å²) >= 11 is 3.44. The van der Waals surface area contributed by atoms with Gasteiger partial charge in [0.15, 0.2) is 0 Å². The minimum Gasteiger partial charge on any atom is -0.488 e. The van der Waals surface area contributed by atoms with Gasteiger partial charge in [-0.2, -0.15) is 0 Å². The Bertz CT molecular complexity index is 663. The quantitative estimate of drug-likeness (QED) is 0.757. The summed E-state index contributed by atoms with van der Waals surface area (Å²) in [7, 11) is 0. The molecule has 0 saturated carbocycles. The molecule has 1 amide bonds. The van der Waals surface area contributed by atoms with Gasteiger partial charge in [0.1, 0.15) is 11.9 Å². The Morgan fingerprint density at radius 1 is 1.12 bits per heavy atom. The molecule has 2 aromatic carbocycles. The Hall–Kier alpha value is -1.85. The van der Waals surface area contributed by atoms with E-state index in [1.54, 1.807) is 0 Å². The van der Waals surface area contributed by atoms with Gasteiger partial charge in [-0.3, -0.25) is 4.79 Å². The first-order valence-electron chi connectivity index (χ1n) is 7.98. The zero-order chi connectivity index (χ0) is 17.5. The number of hydrogen-bond acceptors (Lipinski definition) is 3. The minimum absolute atomic E-state index is 0.0751. The largest absolute Gasteiger partial charge is 0.488 e. The molecule has 0 heterocycles. The molecular weight excluding hydrogens is 368 g/mol. The van der Waals surface area contributed by atoms with Crippen LogP contribution in [0.3, 0.4) is 0 Å². The number of benzene rings is 2. The molecule has 5 heteroatoms. The van der Waals surface area contributed by atoms with Crippen molar-refractivity contribution in [3.8, 4) is 5.75 Å². The lowest BCUT2D eigenvalue weighted by molar-refractivity contribution is -0.125. The van der Waals surface area contributed by atoms with Gasteiger partial charge in [-0.25, -0.2) is 0 Å². The lowest BCUT2D eigenvalue weighted by Crippen LogP contribution is -2.40. The van der Waals surface area contributed by atoms with E-state index in [4.69, 9.17) is 10.5 Å². The minimum atomic E-state index is -0.328. The van der Waals surface area contributed by atoms with E-state index in [2.05, 4.69) is 21.2 Å². The summed E-state index contributed by atoms with van der Waals surface area (Å²) in [6, 6.07) is 17.0. The number of rotatable bonds is 7. The maximum absolute atomic E-state index is 12.3. The third kappa shape index (κ3) is 5.08. The summed E-state index contributed by atoms with van der Waals surface area (Å²) in [4.78, 5) is 12.3. The average Bonchev–Trinajstić information content (AvgIpc) is 2.61. The van der Waals surface area contributed by atoms with Crippen LogP contribution in [0.5, 0.6) is 5.75 Å². The molecule has 2 rings (SSSR count). The van der Waals surface area contributed by atoms with E-state index in [0.29, 0.717) is 6.54 Å². The molecule has 3 unspecified atom stereocenters.